The summed E-state index contributed by atoms with van der Waals surface area (Å²) in [5.41, 5.74) is 2.83. The Hall–Kier alpha value is -3.03. The molecule has 0 unspecified atom stereocenters. The van der Waals surface area contributed by atoms with Crippen molar-refractivity contribution in [2.24, 2.45) is 5.92 Å². The minimum Gasteiger partial charge on any atom is -0.496 e. The number of methoxy groups -OCH3 is 1. The molecule has 0 N–H and O–H groups in total. The third-order valence-corrected chi connectivity index (χ3v) is 8.87. The van der Waals surface area contributed by atoms with Gasteiger partial charge in [-0.25, -0.2) is 8.78 Å². The van der Waals surface area contributed by atoms with Gasteiger partial charge < -0.3 is 9.64 Å². The smallest absolute Gasteiger partial charge is 0.266 e. The molecule has 1 aliphatic rings. The molecule has 0 saturated heterocycles. The van der Waals surface area contributed by atoms with Crippen molar-refractivity contribution in [3.8, 4) is 16.9 Å². The van der Waals surface area contributed by atoms with Crippen LogP contribution in [0.1, 0.15) is 47.8 Å². The second kappa shape index (κ2) is 10.8. The molecule has 4 aromatic rings. The summed E-state index contributed by atoms with van der Waals surface area (Å²) in [7, 11) is 1.60. The van der Waals surface area contributed by atoms with Crippen LogP contribution in [0.4, 0.5) is 8.78 Å². The number of benzene rings is 2. The number of nitrogens with zero attached hydrogens (tertiary/aromatic N) is 2. The molecule has 2 heterocycles. The van der Waals surface area contributed by atoms with E-state index < -0.39 is 11.6 Å². The highest BCUT2D eigenvalue weighted by molar-refractivity contribution is 7.21. The summed E-state index contributed by atoms with van der Waals surface area (Å²) in [6.07, 6.45) is 7.19. The van der Waals surface area contributed by atoms with E-state index in [2.05, 4.69) is 11.9 Å². The fourth-order valence-corrected chi connectivity index (χ4v) is 6.60. The minimum absolute atomic E-state index is 0.0195. The van der Waals surface area contributed by atoms with Crippen LogP contribution in [0.15, 0.2) is 54.9 Å². The van der Waals surface area contributed by atoms with Crippen LogP contribution in [0, 0.1) is 17.6 Å². The molecule has 0 radical (unpaired) electrons. The van der Waals surface area contributed by atoms with Crippen molar-refractivity contribution < 1.29 is 18.3 Å². The lowest BCUT2D eigenvalue weighted by atomic mass is 9.86. The molecular weight excluding hydrogens is 514 g/mol. The lowest BCUT2D eigenvalue weighted by molar-refractivity contribution is 0.0597. The van der Waals surface area contributed by atoms with E-state index in [1.165, 1.54) is 0 Å². The molecule has 1 aliphatic carbocycles. The van der Waals surface area contributed by atoms with Crippen molar-refractivity contribution in [2.75, 3.05) is 7.11 Å². The van der Waals surface area contributed by atoms with E-state index in [1.54, 1.807) is 19.5 Å². The predicted molar refractivity (Wildman–Crippen MR) is 144 cm³/mol. The molecule has 192 valence electrons. The number of carbonyl (C=O) groups excluding carboxylic acids is 1. The van der Waals surface area contributed by atoms with Gasteiger partial charge in [0.15, 0.2) is 0 Å². The first-order valence-electron chi connectivity index (χ1n) is 12.3. The highest BCUT2D eigenvalue weighted by Gasteiger charge is 2.32. The Morgan fingerprint density at radius 2 is 1.76 bits per heavy atom. The Bertz CT molecular complexity index is 1440. The van der Waals surface area contributed by atoms with Gasteiger partial charge in [0.25, 0.3) is 5.91 Å². The average Bonchev–Trinajstić information content (AvgIpc) is 3.28. The average molecular weight is 541 g/mol. The summed E-state index contributed by atoms with van der Waals surface area (Å²) in [5.74, 6) is -0.289. The van der Waals surface area contributed by atoms with Gasteiger partial charge in [0, 0.05) is 30.5 Å². The van der Waals surface area contributed by atoms with Crippen molar-refractivity contribution in [3.05, 3.63) is 82.0 Å². The number of hydrogen-bond acceptors (Lipinski definition) is 4. The molecule has 4 nitrogen and oxygen atoms in total. The zero-order valence-corrected chi connectivity index (χ0v) is 22.2. The quantitative estimate of drug-likeness (QED) is 0.248. The summed E-state index contributed by atoms with van der Waals surface area (Å²) in [6, 6.07) is 11.8. The van der Waals surface area contributed by atoms with Gasteiger partial charge in [-0.2, -0.15) is 0 Å². The van der Waals surface area contributed by atoms with Gasteiger partial charge >= 0.3 is 0 Å². The molecule has 37 heavy (non-hydrogen) atoms. The number of rotatable bonds is 6. The predicted octanol–water partition coefficient (Wildman–Crippen LogP) is 8.12. The summed E-state index contributed by atoms with van der Waals surface area (Å²) >= 11 is 7.44. The van der Waals surface area contributed by atoms with E-state index in [9.17, 15) is 13.6 Å². The lowest BCUT2D eigenvalue weighted by Gasteiger charge is -2.36. The second-order valence-electron chi connectivity index (χ2n) is 9.59. The van der Waals surface area contributed by atoms with Gasteiger partial charge in [0.2, 0.25) is 0 Å². The Kier molecular flexibility index (Phi) is 7.45. The molecule has 0 bridgehead atoms. The van der Waals surface area contributed by atoms with Gasteiger partial charge in [0.1, 0.15) is 22.3 Å². The summed E-state index contributed by atoms with van der Waals surface area (Å²) in [4.78, 5) is 20.1. The van der Waals surface area contributed by atoms with Crippen LogP contribution in [0.5, 0.6) is 5.75 Å². The number of pyridine rings is 1. The normalized spacial score (nSPS) is 17.6. The summed E-state index contributed by atoms with van der Waals surface area (Å²) in [5, 5.41) is -0.0711. The fraction of sp³-hybridized carbons (Fsp3) is 0.310. The van der Waals surface area contributed by atoms with Crippen LogP contribution in [-0.2, 0) is 6.54 Å². The van der Waals surface area contributed by atoms with E-state index in [1.807, 2.05) is 35.2 Å². The van der Waals surface area contributed by atoms with Crippen molar-refractivity contribution in [1.29, 1.82) is 0 Å². The van der Waals surface area contributed by atoms with Crippen LogP contribution < -0.4 is 4.74 Å². The number of amides is 1. The first-order chi connectivity index (χ1) is 17.9. The van der Waals surface area contributed by atoms with Crippen LogP contribution in [0.25, 0.3) is 21.2 Å². The lowest BCUT2D eigenvalue weighted by Crippen LogP contribution is -2.41. The maximum atomic E-state index is 14.6. The van der Waals surface area contributed by atoms with E-state index in [4.69, 9.17) is 16.3 Å². The fourth-order valence-electron chi connectivity index (χ4n) is 5.10. The SMILES string of the molecule is COc1ccc(-c2ccncc2)cc1CN(C(=O)c1sc2c(F)ccc(F)c2c1Cl)[C@H]1CC[C@H](C)CC1. The number of hydrogen-bond donors (Lipinski definition) is 0. The molecule has 5 rings (SSSR count). The number of carbonyl (C=O) groups is 1. The van der Waals surface area contributed by atoms with Gasteiger partial charge in [-0.05, 0) is 79.1 Å². The van der Waals surface area contributed by atoms with E-state index in [-0.39, 0.29) is 38.5 Å². The summed E-state index contributed by atoms with van der Waals surface area (Å²) < 4.78 is 34.8. The van der Waals surface area contributed by atoms with Crippen molar-refractivity contribution >= 4 is 38.9 Å². The van der Waals surface area contributed by atoms with Crippen molar-refractivity contribution in [1.82, 2.24) is 9.88 Å². The van der Waals surface area contributed by atoms with Crippen LogP contribution in [0.2, 0.25) is 5.02 Å². The van der Waals surface area contributed by atoms with E-state index >= 15 is 0 Å². The van der Waals surface area contributed by atoms with Crippen LogP contribution in [0.3, 0.4) is 0 Å². The largest absolute Gasteiger partial charge is 0.496 e. The van der Waals surface area contributed by atoms with Crippen LogP contribution >= 0.6 is 22.9 Å². The monoisotopic (exact) mass is 540 g/mol. The first-order valence-corrected chi connectivity index (χ1v) is 13.5. The Labute approximate surface area is 223 Å². The molecule has 1 amide bonds. The maximum absolute atomic E-state index is 14.6. The number of ether oxygens (including phenoxy) is 1. The Balaban J connectivity index is 1.57. The van der Waals surface area contributed by atoms with Crippen molar-refractivity contribution in [3.63, 3.8) is 0 Å². The van der Waals surface area contributed by atoms with Gasteiger partial charge in [0.05, 0.1) is 22.2 Å². The van der Waals surface area contributed by atoms with Gasteiger partial charge in [-0.1, -0.05) is 24.6 Å². The first kappa shape index (κ1) is 25.6. The number of aromatic nitrogens is 1. The van der Waals surface area contributed by atoms with Gasteiger partial charge in [-0.15, -0.1) is 11.3 Å². The molecule has 1 saturated carbocycles. The highest BCUT2D eigenvalue weighted by Crippen LogP contribution is 2.41. The minimum atomic E-state index is -0.638. The second-order valence-corrected chi connectivity index (χ2v) is 11.0. The standard InChI is InChI=1S/C29H27ClF2N2O2S/c1-17-3-6-21(7-4-17)34(29(35)28-26(30)25-22(31)8-9-23(32)27(25)37-28)16-20-15-19(5-10-24(20)36-2)18-11-13-33-14-12-18/h5,8-15,17,21H,3-4,6-7,16H2,1-2H3/t17-,21-. The summed E-state index contributed by atoms with van der Waals surface area (Å²) in [6.45, 7) is 2.51. The third kappa shape index (κ3) is 5.07. The molecule has 0 atom stereocenters. The highest BCUT2D eigenvalue weighted by atomic mass is 35.5. The zero-order valence-electron chi connectivity index (χ0n) is 20.6. The third-order valence-electron chi connectivity index (χ3n) is 7.20. The zero-order chi connectivity index (χ0) is 26.1. The van der Waals surface area contributed by atoms with Crippen LogP contribution in [-0.4, -0.2) is 28.9 Å². The molecule has 0 aliphatic heterocycles. The molecule has 8 heteroatoms. The number of thiophene rings is 1. The topological polar surface area (TPSA) is 42.4 Å². The van der Waals surface area contributed by atoms with E-state index in [0.29, 0.717) is 11.7 Å². The number of fused-ring (bicyclic) bond motifs is 1. The van der Waals surface area contributed by atoms with Crippen molar-refractivity contribution in [2.45, 2.75) is 45.2 Å². The van der Waals surface area contributed by atoms with Gasteiger partial charge in [-0.3, -0.25) is 9.78 Å². The Morgan fingerprint density at radius 3 is 2.43 bits per heavy atom. The molecule has 0 spiro atoms. The molecule has 1 fully saturated rings. The number of halogens is 3. The Morgan fingerprint density at radius 1 is 1.05 bits per heavy atom. The molecule has 2 aromatic heterocycles. The molecular formula is C29H27ClF2N2O2S. The molecule has 2 aromatic carbocycles. The van der Waals surface area contributed by atoms with E-state index in [0.717, 1.165) is 65.8 Å². The maximum Gasteiger partial charge on any atom is 0.266 e.